The summed E-state index contributed by atoms with van der Waals surface area (Å²) in [6.07, 6.45) is 17.8. The Labute approximate surface area is 339 Å². The Morgan fingerprint density at radius 2 is 0.893 bits per heavy atom. The molecular weight excluding hydrogens is 741 g/mol. The highest BCUT2D eigenvalue weighted by Gasteiger charge is 2.51. The number of aliphatic hydroxyl groups is 7. The fourth-order valence-electron chi connectivity index (χ4n) is 7.48. The minimum atomic E-state index is -5.10. The number of unbranched alkanes of at least 4 members (excludes halogenated alkanes) is 24. The first-order chi connectivity index (χ1) is 26.8. The van der Waals surface area contributed by atoms with Crippen LogP contribution in [0, 0.1) is 0 Å². The van der Waals surface area contributed by atoms with Crippen molar-refractivity contribution in [3.8, 4) is 0 Å². The predicted octanol–water partition coefficient (Wildman–Crippen LogP) is 6.87. The summed E-state index contributed by atoms with van der Waals surface area (Å²) in [6.45, 7) is 3.72. The lowest BCUT2D eigenvalue weighted by Crippen LogP contribution is -2.64. The number of hydrogen-bond donors (Lipinski definition) is 9. The lowest BCUT2D eigenvalue weighted by atomic mass is 9.85. The van der Waals surface area contributed by atoms with Gasteiger partial charge in [0, 0.05) is 0 Å². The molecular formula is C42H84NO12P. The third kappa shape index (κ3) is 25.0. The molecule has 1 rings (SSSR count). The first kappa shape index (κ1) is 53.3. The van der Waals surface area contributed by atoms with Crippen molar-refractivity contribution in [3.05, 3.63) is 0 Å². The van der Waals surface area contributed by atoms with Crippen LogP contribution in [0.3, 0.4) is 0 Å². The van der Waals surface area contributed by atoms with E-state index in [0.29, 0.717) is 12.8 Å². The minimum absolute atomic E-state index is 0.217. The summed E-state index contributed by atoms with van der Waals surface area (Å²) in [5.41, 5.74) is 0. The second-order valence-electron chi connectivity index (χ2n) is 16.4. The molecule has 0 radical (unpaired) electrons. The second-order valence-corrected chi connectivity index (χ2v) is 17.9. The highest BCUT2D eigenvalue weighted by molar-refractivity contribution is 7.47. The normalized spacial score (nSPS) is 24.1. The summed E-state index contributed by atoms with van der Waals surface area (Å²) in [5.74, 6) is -0.561. The number of carbonyl (C=O) groups excluding carboxylic acids is 1. The van der Waals surface area contributed by atoms with Crippen molar-refractivity contribution in [1.29, 1.82) is 0 Å². The summed E-state index contributed by atoms with van der Waals surface area (Å²) in [6, 6.07) is -1.15. The number of phosphoric acid groups is 1. The van der Waals surface area contributed by atoms with Gasteiger partial charge in [0.1, 0.15) is 36.6 Å². The fourth-order valence-corrected chi connectivity index (χ4v) is 8.45. The summed E-state index contributed by atoms with van der Waals surface area (Å²) in [7, 11) is -5.10. The van der Waals surface area contributed by atoms with E-state index in [2.05, 4.69) is 19.2 Å². The van der Waals surface area contributed by atoms with Crippen LogP contribution in [0.1, 0.15) is 200 Å². The molecule has 13 nitrogen and oxygen atoms in total. The molecule has 1 amide bonds. The molecule has 8 unspecified atom stereocenters. The van der Waals surface area contributed by atoms with Crippen molar-refractivity contribution < 1.29 is 59.0 Å². The number of hydrogen-bond acceptors (Lipinski definition) is 11. The second kappa shape index (κ2) is 33.1. The molecule has 0 aromatic rings. The lowest BCUT2D eigenvalue weighted by Gasteiger charge is -2.41. The van der Waals surface area contributed by atoms with Gasteiger partial charge in [0.25, 0.3) is 0 Å². The molecule has 14 heteroatoms. The van der Waals surface area contributed by atoms with E-state index < -0.39 is 75.2 Å². The molecule has 56 heavy (non-hydrogen) atoms. The van der Waals surface area contributed by atoms with Crippen molar-refractivity contribution in [1.82, 2.24) is 5.32 Å². The topological polar surface area (TPSA) is 226 Å². The zero-order valence-corrected chi connectivity index (χ0v) is 36.0. The van der Waals surface area contributed by atoms with Gasteiger partial charge in [0.05, 0.1) is 31.3 Å². The standard InChI is InChI=1S/C42H84NO12P/c1-3-5-7-9-11-12-13-14-15-16-17-18-19-20-21-22-24-25-27-29-33(44)31-36(46)43-34(35(45)30-28-26-23-10-8-6-4-2)32-54-56(52,53)55-42-40(50)38(48)37(47)39(49)41(42)51/h33-35,37-42,44-45,47-51H,3-32H2,1-2H3,(H,43,46)(H,52,53). The maximum absolute atomic E-state index is 12.9. The molecule has 0 aliphatic heterocycles. The highest BCUT2D eigenvalue weighted by Crippen LogP contribution is 2.47. The van der Waals surface area contributed by atoms with E-state index in [0.717, 1.165) is 64.2 Å². The molecule has 0 heterocycles. The molecule has 1 fully saturated rings. The minimum Gasteiger partial charge on any atom is -0.393 e. The van der Waals surface area contributed by atoms with Crippen LogP contribution in [0.5, 0.6) is 0 Å². The molecule has 1 aliphatic carbocycles. The SMILES string of the molecule is CCCCCCCCCCCCCCCCCCCCCC(O)CC(=O)NC(COP(=O)(O)OC1C(O)C(O)C(O)C(O)C1O)C(O)CCCCCCCCC. The number of aliphatic hydroxyl groups excluding tert-OH is 7. The number of carbonyl (C=O) groups is 1. The third-order valence-electron chi connectivity index (χ3n) is 11.2. The van der Waals surface area contributed by atoms with Gasteiger partial charge in [0.2, 0.25) is 5.91 Å². The average molecular weight is 826 g/mol. The van der Waals surface area contributed by atoms with Gasteiger partial charge in [-0.25, -0.2) is 4.57 Å². The van der Waals surface area contributed by atoms with E-state index in [1.165, 1.54) is 96.3 Å². The fraction of sp³-hybridized carbons (Fsp3) is 0.976. The maximum atomic E-state index is 12.9. The Kier molecular flexibility index (Phi) is 31.5. The number of phosphoric ester groups is 1. The smallest absolute Gasteiger partial charge is 0.393 e. The maximum Gasteiger partial charge on any atom is 0.472 e. The lowest BCUT2D eigenvalue weighted by molar-refractivity contribution is -0.220. The van der Waals surface area contributed by atoms with Crippen LogP contribution >= 0.6 is 7.82 Å². The molecule has 0 saturated heterocycles. The van der Waals surface area contributed by atoms with Crippen molar-refractivity contribution in [3.63, 3.8) is 0 Å². The number of amides is 1. The van der Waals surface area contributed by atoms with Crippen molar-refractivity contribution in [2.24, 2.45) is 0 Å². The van der Waals surface area contributed by atoms with Gasteiger partial charge < -0.3 is 46.0 Å². The van der Waals surface area contributed by atoms with Crippen LogP contribution in [0.4, 0.5) is 0 Å². The van der Waals surface area contributed by atoms with Crippen LogP contribution in [0.2, 0.25) is 0 Å². The summed E-state index contributed by atoms with van der Waals surface area (Å²) in [5, 5.41) is 74.2. The monoisotopic (exact) mass is 826 g/mol. The van der Waals surface area contributed by atoms with Gasteiger partial charge >= 0.3 is 7.82 Å². The zero-order valence-electron chi connectivity index (χ0n) is 35.1. The molecule has 1 saturated carbocycles. The molecule has 0 spiro atoms. The molecule has 334 valence electrons. The first-order valence-electron chi connectivity index (χ1n) is 22.6. The van der Waals surface area contributed by atoms with Crippen LogP contribution in [-0.2, 0) is 18.4 Å². The van der Waals surface area contributed by atoms with Gasteiger partial charge in [0.15, 0.2) is 0 Å². The van der Waals surface area contributed by atoms with Crippen LogP contribution < -0.4 is 5.32 Å². The first-order valence-corrected chi connectivity index (χ1v) is 24.1. The Morgan fingerprint density at radius 1 is 0.554 bits per heavy atom. The number of rotatable bonds is 37. The molecule has 8 atom stereocenters. The molecule has 0 aromatic heterocycles. The van der Waals surface area contributed by atoms with Crippen LogP contribution in [0.25, 0.3) is 0 Å². The van der Waals surface area contributed by atoms with E-state index in [4.69, 9.17) is 9.05 Å². The largest absolute Gasteiger partial charge is 0.472 e. The van der Waals surface area contributed by atoms with Crippen molar-refractivity contribution >= 4 is 13.7 Å². The van der Waals surface area contributed by atoms with Gasteiger partial charge in [-0.1, -0.05) is 181 Å². The van der Waals surface area contributed by atoms with E-state index in [9.17, 15) is 50.0 Å². The van der Waals surface area contributed by atoms with Crippen molar-refractivity contribution in [2.45, 2.75) is 255 Å². The zero-order chi connectivity index (χ0) is 41.6. The Hall–Kier alpha value is -0.700. The quantitative estimate of drug-likeness (QED) is 0.0231. The molecule has 1 aliphatic rings. The van der Waals surface area contributed by atoms with E-state index in [-0.39, 0.29) is 12.8 Å². The summed E-state index contributed by atoms with van der Waals surface area (Å²) < 4.78 is 22.8. The molecule has 0 bridgehead atoms. The predicted molar refractivity (Wildman–Crippen MR) is 220 cm³/mol. The van der Waals surface area contributed by atoms with Gasteiger partial charge in [-0.3, -0.25) is 13.8 Å². The van der Waals surface area contributed by atoms with Gasteiger partial charge in [-0.15, -0.1) is 0 Å². The van der Waals surface area contributed by atoms with E-state index in [1.807, 2.05) is 0 Å². The third-order valence-corrected chi connectivity index (χ3v) is 12.2. The van der Waals surface area contributed by atoms with Gasteiger partial charge in [-0.2, -0.15) is 0 Å². The van der Waals surface area contributed by atoms with Gasteiger partial charge in [-0.05, 0) is 12.8 Å². The van der Waals surface area contributed by atoms with E-state index >= 15 is 0 Å². The summed E-state index contributed by atoms with van der Waals surface area (Å²) >= 11 is 0. The Balaban J connectivity index is 2.39. The van der Waals surface area contributed by atoms with Crippen LogP contribution in [-0.4, -0.2) is 108 Å². The van der Waals surface area contributed by atoms with Crippen LogP contribution in [0.15, 0.2) is 0 Å². The Bertz CT molecular complexity index is 979. The van der Waals surface area contributed by atoms with Crippen molar-refractivity contribution in [2.75, 3.05) is 6.61 Å². The molecule has 0 aromatic carbocycles. The Morgan fingerprint density at radius 3 is 1.29 bits per heavy atom. The van der Waals surface area contributed by atoms with E-state index in [1.54, 1.807) is 0 Å². The average Bonchev–Trinajstić information content (AvgIpc) is 3.17. The highest BCUT2D eigenvalue weighted by atomic mass is 31.2. The molecule has 9 N–H and O–H groups in total. The summed E-state index contributed by atoms with van der Waals surface area (Å²) in [4.78, 5) is 23.3. The number of nitrogens with one attached hydrogen (secondary N) is 1.